The van der Waals surface area contributed by atoms with Crippen LogP contribution in [0.25, 0.3) is 0 Å². The summed E-state index contributed by atoms with van der Waals surface area (Å²) in [5.41, 5.74) is 3.02. The van der Waals surface area contributed by atoms with Gasteiger partial charge in [-0.1, -0.05) is 24.3 Å². The van der Waals surface area contributed by atoms with Crippen molar-refractivity contribution < 1.29 is 4.92 Å². The highest BCUT2D eigenvalue weighted by molar-refractivity contribution is 7.80. The molecule has 22 heavy (non-hydrogen) atoms. The third-order valence-electron chi connectivity index (χ3n) is 3.73. The molecular weight excluding hydrogens is 298 g/mol. The lowest BCUT2D eigenvalue weighted by Crippen LogP contribution is -2.38. The Hall–Kier alpha value is -2.47. The number of nitrogens with zero attached hydrogens (tertiary/aromatic N) is 2. The number of nitro groups is 1. The standard InChI is InChI=1S/C16H15N3O2S/c1-11-9-12-5-2-3-8-15(12)18(11)16(22)17-13-6-4-7-14(10-13)19(20)21/h2-8,10-11H,9H2,1H3,(H,17,22)/t11-/m0/s1. The Morgan fingerprint density at radius 1 is 1.32 bits per heavy atom. The number of rotatable bonds is 2. The summed E-state index contributed by atoms with van der Waals surface area (Å²) in [5, 5.41) is 14.5. The van der Waals surface area contributed by atoms with Crippen LogP contribution in [0, 0.1) is 10.1 Å². The van der Waals surface area contributed by atoms with Crippen LogP contribution in [0.1, 0.15) is 12.5 Å². The molecule has 2 aromatic rings. The summed E-state index contributed by atoms with van der Waals surface area (Å²) in [5.74, 6) is 0. The van der Waals surface area contributed by atoms with Gasteiger partial charge < -0.3 is 10.2 Å². The third kappa shape index (κ3) is 2.65. The number of hydrogen-bond acceptors (Lipinski definition) is 3. The molecule has 0 saturated carbocycles. The van der Waals surface area contributed by atoms with Gasteiger partial charge in [-0.05, 0) is 43.3 Å². The number of fused-ring (bicyclic) bond motifs is 1. The minimum Gasteiger partial charge on any atom is -0.332 e. The van der Waals surface area contributed by atoms with Crippen LogP contribution in [-0.2, 0) is 6.42 Å². The van der Waals surface area contributed by atoms with Crippen LogP contribution in [0.4, 0.5) is 17.1 Å². The molecule has 5 nitrogen and oxygen atoms in total. The number of anilines is 2. The average molecular weight is 313 g/mol. The number of nitro benzene ring substituents is 1. The van der Waals surface area contributed by atoms with Gasteiger partial charge in [-0.15, -0.1) is 0 Å². The van der Waals surface area contributed by atoms with Gasteiger partial charge in [0.05, 0.1) is 4.92 Å². The zero-order valence-corrected chi connectivity index (χ0v) is 12.8. The number of hydrogen-bond donors (Lipinski definition) is 1. The van der Waals surface area contributed by atoms with E-state index in [-0.39, 0.29) is 11.7 Å². The van der Waals surface area contributed by atoms with Crippen LogP contribution in [0.5, 0.6) is 0 Å². The minimum absolute atomic E-state index is 0.0441. The second kappa shape index (κ2) is 5.73. The molecule has 112 valence electrons. The molecule has 6 heteroatoms. The van der Waals surface area contributed by atoms with Crippen molar-refractivity contribution in [3.8, 4) is 0 Å². The van der Waals surface area contributed by atoms with E-state index in [4.69, 9.17) is 12.2 Å². The van der Waals surface area contributed by atoms with Crippen molar-refractivity contribution in [2.75, 3.05) is 10.2 Å². The minimum atomic E-state index is -0.415. The zero-order chi connectivity index (χ0) is 15.7. The first-order valence-electron chi connectivity index (χ1n) is 6.99. The molecule has 0 fully saturated rings. The molecule has 1 atom stereocenters. The van der Waals surface area contributed by atoms with E-state index in [9.17, 15) is 10.1 Å². The van der Waals surface area contributed by atoms with Gasteiger partial charge >= 0.3 is 0 Å². The molecule has 0 amide bonds. The van der Waals surface area contributed by atoms with Gasteiger partial charge in [0, 0.05) is 29.5 Å². The van der Waals surface area contributed by atoms with E-state index in [0.717, 1.165) is 12.1 Å². The summed E-state index contributed by atoms with van der Waals surface area (Å²) in [4.78, 5) is 12.5. The maximum Gasteiger partial charge on any atom is 0.271 e. The highest BCUT2D eigenvalue weighted by atomic mass is 32.1. The van der Waals surface area contributed by atoms with E-state index < -0.39 is 4.92 Å². The van der Waals surface area contributed by atoms with Crippen LogP contribution >= 0.6 is 12.2 Å². The largest absolute Gasteiger partial charge is 0.332 e. The molecule has 0 bridgehead atoms. The molecule has 1 aliphatic heterocycles. The van der Waals surface area contributed by atoms with Crippen molar-refractivity contribution in [1.29, 1.82) is 0 Å². The number of para-hydroxylation sites is 1. The summed E-state index contributed by atoms with van der Waals surface area (Å²) in [6.45, 7) is 2.11. The van der Waals surface area contributed by atoms with Crippen LogP contribution in [-0.4, -0.2) is 16.1 Å². The van der Waals surface area contributed by atoms with Crippen molar-refractivity contribution in [3.05, 3.63) is 64.2 Å². The Morgan fingerprint density at radius 3 is 2.86 bits per heavy atom. The SMILES string of the molecule is C[C@H]1Cc2ccccc2N1C(=S)Nc1cccc([N+](=O)[O-])c1. The van der Waals surface area contributed by atoms with Crippen LogP contribution in [0.3, 0.4) is 0 Å². The van der Waals surface area contributed by atoms with Gasteiger partial charge in [0.15, 0.2) is 5.11 Å². The predicted molar refractivity (Wildman–Crippen MR) is 91.4 cm³/mol. The van der Waals surface area contributed by atoms with Gasteiger partial charge in [0.1, 0.15) is 0 Å². The maximum atomic E-state index is 10.8. The molecule has 2 aromatic carbocycles. The summed E-state index contributed by atoms with van der Waals surface area (Å²) < 4.78 is 0. The molecule has 1 aliphatic rings. The topological polar surface area (TPSA) is 58.4 Å². The van der Waals surface area contributed by atoms with Crippen molar-refractivity contribution in [2.45, 2.75) is 19.4 Å². The lowest BCUT2D eigenvalue weighted by Gasteiger charge is -2.26. The predicted octanol–water partition coefficient (Wildman–Crippen LogP) is 3.74. The number of thiocarbonyl (C=S) groups is 1. The van der Waals surface area contributed by atoms with Crippen molar-refractivity contribution in [2.24, 2.45) is 0 Å². The van der Waals surface area contributed by atoms with Crippen molar-refractivity contribution in [3.63, 3.8) is 0 Å². The van der Waals surface area contributed by atoms with Crippen LogP contribution in [0.15, 0.2) is 48.5 Å². The van der Waals surface area contributed by atoms with Gasteiger partial charge in [0.25, 0.3) is 5.69 Å². The first kappa shape index (κ1) is 14.5. The van der Waals surface area contributed by atoms with E-state index in [0.29, 0.717) is 10.8 Å². The Bertz CT molecular complexity index is 748. The summed E-state index contributed by atoms with van der Waals surface area (Å²) in [7, 11) is 0. The molecule has 1 N–H and O–H groups in total. The van der Waals surface area contributed by atoms with Crippen molar-refractivity contribution >= 4 is 34.4 Å². The number of benzene rings is 2. The Balaban J connectivity index is 1.83. The normalized spacial score (nSPS) is 16.2. The molecule has 0 saturated heterocycles. The zero-order valence-electron chi connectivity index (χ0n) is 12.0. The fraction of sp³-hybridized carbons (Fsp3) is 0.188. The summed E-state index contributed by atoms with van der Waals surface area (Å²) in [6.07, 6.45) is 0.937. The molecule has 0 aliphatic carbocycles. The molecule has 0 radical (unpaired) electrons. The second-order valence-corrected chi connectivity index (χ2v) is 5.68. The van der Waals surface area contributed by atoms with E-state index >= 15 is 0 Å². The number of non-ortho nitro benzene ring substituents is 1. The highest BCUT2D eigenvalue weighted by Crippen LogP contribution is 2.32. The van der Waals surface area contributed by atoms with Gasteiger partial charge in [-0.2, -0.15) is 0 Å². The monoisotopic (exact) mass is 313 g/mol. The molecule has 0 unspecified atom stereocenters. The lowest BCUT2D eigenvalue weighted by atomic mass is 10.1. The first-order valence-corrected chi connectivity index (χ1v) is 7.39. The fourth-order valence-electron chi connectivity index (χ4n) is 2.76. The van der Waals surface area contributed by atoms with E-state index in [1.54, 1.807) is 12.1 Å². The van der Waals surface area contributed by atoms with Gasteiger partial charge in [-0.25, -0.2) is 0 Å². The maximum absolute atomic E-state index is 10.8. The average Bonchev–Trinajstić information content (AvgIpc) is 2.83. The van der Waals surface area contributed by atoms with Gasteiger partial charge in [0.2, 0.25) is 0 Å². The van der Waals surface area contributed by atoms with Gasteiger partial charge in [-0.3, -0.25) is 10.1 Å². The van der Waals surface area contributed by atoms with E-state index in [1.165, 1.54) is 17.7 Å². The smallest absolute Gasteiger partial charge is 0.271 e. The first-order chi connectivity index (χ1) is 10.6. The van der Waals surface area contributed by atoms with Crippen molar-refractivity contribution in [1.82, 2.24) is 0 Å². The Labute approximate surface area is 133 Å². The summed E-state index contributed by atoms with van der Waals surface area (Å²) >= 11 is 5.50. The fourth-order valence-corrected chi connectivity index (χ4v) is 3.15. The summed E-state index contributed by atoms with van der Waals surface area (Å²) in [6, 6.07) is 14.8. The second-order valence-electron chi connectivity index (χ2n) is 5.29. The Morgan fingerprint density at radius 2 is 2.09 bits per heavy atom. The number of nitrogens with one attached hydrogen (secondary N) is 1. The molecule has 0 aromatic heterocycles. The lowest BCUT2D eigenvalue weighted by molar-refractivity contribution is -0.384. The van der Waals surface area contributed by atoms with Crippen LogP contribution < -0.4 is 10.2 Å². The van der Waals surface area contributed by atoms with Crippen LogP contribution in [0.2, 0.25) is 0 Å². The molecule has 3 rings (SSSR count). The highest BCUT2D eigenvalue weighted by Gasteiger charge is 2.28. The quantitative estimate of drug-likeness (QED) is 0.520. The van der Waals surface area contributed by atoms with E-state index in [1.807, 2.05) is 18.2 Å². The van der Waals surface area contributed by atoms with E-state index in [2.05, 4.69) is 23.2 Å². The molecule has 1 heterocycles. The third-order valence-corrected chi connectivity index (χ3v) is 4.03. The Kier molecular flexibility index (Phi) is 3.77. The molecule has 0 spiro atoms. The molecular formula is C16H15N3O2S.